The van der Waals surface area contributed by atoms with E-state index in [2.05, 4.69) is 26.8 Å². The summed E-state index contributed by atoms with van der Waals surface area (Å²) in [6.45, 7) is 0. The van der Waals surface area contributed by atoms with E-state index in [0.29, 0.717) is 5.82 Å². The van der Waals surface area contributed by atoms with E-state index in [4.69, 9.17) is 11.5 Å². The van der Waals surface area contributed by atoms with Crippen LogP contribution in [0.5, 0.6) is 0 Å². The lowest BCUT2D eigenvalue weighted by molar-refractivity contribution is 0.100. The van der Waals surface area contributed by atoms with Gasteiger partial charge in [-0.25, -0.2) is 4.98 Å². The molecule has 1 aliphatic rings. The maximum Gasteiger partial charge on any atom is 0.252 e. The molecule has 2 atom stereocenters. The van der Waals surface area contributed by atoms with E-state index in [9.17, 15) is 10.1 Å². The number of rotatable bonds is 5. The predicted molar refractivity (Wildman–Crippen MR) is 115 cm³/mol. The quantitative estimate of drug-likeness (QED) is 0.510. The van der Waals surface area contributed by atoms with Crippen LogP contribution in [-0.2, 0) is 7.05 Å². The van der Waals surface area contributed by atoms with Crippen molar-refractivity contribution in [3.05, 3.63) is 41.6 Å². The van der Waals surface area contributed by atoms with Crippen LogP contribution in [0.3, 0.4) is 0 Å². The van der Waals surface area contributed by atoms with Crippen LogP contribution in [0.15, 0.2) is 30.5 Å². The van der Waals surface area contributed by atoms with Crippen molar-refractivity contribution in [2.45, 2.75) is 37.8 Å². The van der Waals surface area contributed by atoms with Crippen molar-refractivity contribution in [2.24, 2.45) is 18.5 Å². The summed E-state index contributed by atoms with van der Waals surface area (Å²) >= 11 is 0. The predicted octanol–water partition coefficient (Wildman–Crippen LogP) is 2.36. The Hall–Kier alpha value is -3.64. The summed E-state index contributed by atoms with van der Waals surface area (Å²) in [6.07, 6.45) is 5.74. The molecule has 0 aliphatic heterocycles. The SMILES string of the molecule is Cn1ncc2c(Nc3nc(NC4CCCCC4N)c(C#N)cc3C(N)=O)cccc21. The van der Waals surface area contributed by atoms with Crippen molar-refractivity contribution < 1.29 is 4.79 Å². The minimum atomic E-state index is -0.666. The Morgan fingerprint density at radius 2 is 2.10 bits per heavy atom. The van der Waals surface area contributed by atoms with Gasteiger partial charge in [-0.1, -0.05) is 18.9 Å². The van der Waals surface area contributed by atoms with E-state index in [-0.39, 0.29) is 29.0 Å². The van der Waals surface area contributed by atoms with Crippen LogP contribution in [0.2, 0.25) is 0 Å². The molecule has 2 unspecified atom stereocenters. The highest BCUT2D eigenvalue weighted by atomic mass is 16.1. The molecule has 6 N–H and O–H groups in total. The number of carbonyl (C=O) groups is 1. The average Bonchev–Trinajstić information content (AvgIpc) is 3.12. The first-order valence-corrected chi connectivity index (χ1v) is 9.92. The third kappa shape index (κ3) is 3.65. The normalized spacial score (nSPS) is 18.7. The van der Waals surface area contributed by atoms with Crippen LogP contribution in [0.25, 0.3) is 10.9 Å². The zero-order valence-corrected chi connectivity index (χ0v) is 16.7. The van der Waals surface area contributed by atoms with Gasteiger partial charge in [0.2, 0.25) is 0 Å². The molecule has 0 radical (unpaired) electrons. The molecule has 154 valence electrons. The maximum absolute atomic E-state index is 12.1. The van der Waals surface area contributed by atoms with Crippen LogP contribution < -0.4 is 22.1 Å². The third-order valence-corrected chi connectivity index (χ3v) is 5.59. The summed E-state index contributed by atoms with van der Waals surface area (Å²) < 4.78 is 1.76. The lowest BCUT2D eigenvalue weighted by atomic mass is 9.91. The van der Waals surface area contributed by atoms with Gasteiger partial charge < -0.3 is 22.1 Å². The summed E-state index contributed by atoms with van der Waals surface area (Å²) in [7, 11) is 1.86. The topological polar surface area (TPSA) is 148 Å². The molecule has 9 heteroatoms. The molecule has 3 aromatic rings. The van der Waals surface area contributed by atoms with Crippen molar-refractivity contribution in [1.82, 2.24) is 14.8 Å². The summed E-state index contributed by atoms with van der Waals surface area (Å²) in [4.78, 5) is 16.7. The number of nitrogens with one attached hydrogen (secondary N) is 2. The van der Waals surface area contributed by atoms with Gasteiger partial charge in [-0.15, -0.1) is 0 Å². The van der Waals surface area contributed by atoms with Gasteiger partial charge in [0.15, 0.2) is 0 Å². The number of carbonyl (C=O) groups excluding carboxylic acids is 1. The molecule has 1 saturated carbocycles. The minimum Gasteiger partial charge on any atom is -0.365 e. The first-order valence-electron chi connectivity index (χ1n) is 9.92. The van der Waals surface area contributed by atoms with E-state index >= 15 is 0 Å². The number of nitrogens with zero attached hydrogens (tertiary/aromatic N) is 4. The summed E-state index contributed by atoms with van der Waals surface area (Å²) in [5.74, 6) is 0.0104. The average molecular weight is 404 g/mol. The zero-order chi connectivity index (χ0) is 21.3. The van der Waals surface area contributed by atoms with Crippen LogP contribution in [-0.4, -0.2) is 32.8 Å². The summed E-state index contributed by atoms with van der Waals surface area (Å²) in [6, 6.07) is 9.30. The summed E-state index contributed by atoms with van der Waals surface area (Å²) in [5, 5.41) is 21.3. The van der Waals surface area contributed by atoms with Gasteiger partial charge in [0.05, 0.1) is 28.5 Å². The third-order valence-electron chi connectivity index (χ3n) is 5.59. The fourth-order valence-corrected chi connectivity index (χ4v) is 3.92. The van der Waals surface area contributed by atoms with Gasteiger partial charge in [0.1, 0.15) is 17.7 Å². The van der Waals surface area contributed by atoms with Gasteiger partial charge >= 0.3 is 0 Å². The Labute approximate surface area is 174 Å². The van der Waals surface area contributed by atoms with E-state index in [0.717, 1.165) is 42.3 Å². The molecule has 0 saturated heterocycles. The van der Waals surface area contributed by atoms with Crippen LogP contribution in [0.1, 0.15) is 41.6 Å². The molecule has 0 spiro atoms. The molecule has 1 aliphatic carbocycles. The number of primary amides is 1. The number of pyridine rings is 1. The van der Waals surface area contributed by atoms with Crippen molar-refractivity contribution in [1.29, 1.82) is 5.26 Å². The molecule has 1 aromatic carbocycles. The number of amides is 1. The molecule has 2 heterocycles. The van der Waals surface area contributed by atoms with E-state index in [1.807, 2.05) is 25.2 Å². The largest absolute Gasteiger partial charge is 0.365 e. The van der Waals surface area contributed by atoms with Crippen LogP contribution >= 0.6 is 0 Å². The molecule has 0 bridgehead atoms. The van der Waals surface area contributed by atoms with Crippen molar-refractivity contribution >= 4 is 34.1 Å². The number of nitriles is 1. The number of hydrogen-bond acceptors (Lipinski definition) is 7. The molecular weight excluding hydrogens is 380 g/mol. The second kappa shape index (κ2) is 8.00. The Bertz CT molecular complexity index is 1150. The molecule has 2 aromatic heterocycles. The fourth-order valence-electron chi connectivity index (χ4n) is 3.92. The fraction of sp³-hybridized carbons (Fsp3) is 0.333. The van der Waals surface area contributed by atoms with Gasteiger partial charge in [-0.05, 0) is 31.0 Å². The van der Waals surface area contributed by atoms with Gasteiger partial charge in [0, 0.05) is 24.5 Å². The molecule has 9 nitrogen and oxygen atoms in total. The minimum absolute atomic E-state index is 0.0107. The number of aryl methyl sites for hydroxylation is 1. The number of nitrogens with two attached hydrogens (primary N) is 2. The van der Waals surface area contributed by atoms with Gasteiger partial charge in [-0.3, -0.25) is 9.48 Å². The lowest BCUT2D eigenvalue weighted by Crippen LogP contribution is -2.43. The van der Waals surface area contributed by atoms with Crippen LogP contribution in [0.4, 0.5) is 17.3 Å². The Morgan fingerprint density at radius 3 is 2.83 bits per heavy atom. The number of fused-ring (bicyclic) bond motifs is 1. The zero-order valence-electron chi connectivity index (χ0n) is 16.7. The maximum atomic E-state index is 12.1. The van der Waals surface area contributed by atoms with Crippen LogP contribution in [0, 0.1) is 11.3 Å². The van der Waals surface area contributed by atoms with Crippen molar-refractivity contribution in [2.75, 3.05) is 10.6 Å². The first-order chi connectivity index (χ1) is 14.5. The Morgan fingerprint density at radius 1 is 1.30 bits per heavy atom. The second-order valence-corrected chi connectivity index (χ2v) is 7.59. The molecule has 1 amide bonds. The molecule has 4 rings (SSSR count). The monoisotopic (exact) mass is 404 g/mol. The number of hydrogen-bond donors (Lipinski definition) is 4. The molecular formula is C21H24N8O. The summed E-state index contributed by atoms with van der Waals surface area (Å²) in [5.41, 5.74) is 13.9. The Balaban J connectivity index is 1.75. The molecule has 1 fully saturated rings. The molecule has 30 heavy (non-hydrogen) atoms. The number of anilines is 3. The van der Waals surface area contributed by atoms with E-state index < -0.39 is 5.91 Å². The highest BCUT2D eigenvalue weighted by molar-refractivity contribution is 6.01. The highest BCUT2D eigenvalue weighted by Gasteiger charge is 2.24. The van der Waals surface area contributed by atoms with Crippen molar-refractivity contribution in [3.63, 3.8) is 0 Å². The standard InChI is InChI=1S/C21H24N8O/c1-29-18-8-4-7-16(14(18)11-25-29)26-21-13(19(24)30)9-12(10-22)20(28-21)27-17-6-3-2-5-15(17)23/h4,7-9,11,15,17H,2-3,5-6,23H2,1H3,(H2,24,30)(H2,26,27,28). The Kier molecular flexibility index (Phi) is 5.25. The smallest absolute Gasteiger partial charge is 0.252 e. The number of benzene rings is 1. The van der Waals surface area contributed by atoms with Gasteiger partial charge in [-0.2, -0.15) is 10.4 Å². The van der Waals surface area contributed by atoms with E-state index in [1.165, 1.54) is 6.07 Å². The van der Waals surface area contributed by atoms with Crippen molar-refractivity contribution in [3.8, 4) is 6.07 Å². The second-order valence-electron chi connectivity index (χ2n) is 7.59. The van der Waals surface area contributed by atoms with E-state index in [1.54, 1.807) is 10.9 Å². The lowest BCUT2D eigenvalue weighted by Gasteiger charge is -2.30. The first kappa shape index (κ1) is 19.7. The number of aromatic nitrogens is 3. The van der Waals surface area contributed by atoms with Gasteiger partial charge in [0.25, 0.3) is 5.91 Å². The highest BCUT2D eigenvalue weighted by Crippen LogP contribution is 2.30.